The van der Waals surface area contributed by atoms with Crippen molar-refractivity contribution in [2.45, 2.75) is 25.3 Å². The van der Waals surface area contributed by atoms with Gasteiger partial charge in [0.05, 0.1) is 12.1 Å². The number of nitrogens with one attached hydrogen (secondary N) is 2. The Morgan fingerprint density at radius 3 is 2.62 bits per heavy atom. The summed E-state index contributed by atoms with van der Waals surface area (Å²) in [5.74, 6) is -1.30. The summed E-state index contributed by atoms with van der Waals surface area (Å²) in [6.07, 6.45) is 2.89. The lowest BCUT2D eigenvalue weighted by atomic mass is 10.0. The average molecular weight is 440 g/mol. The number of halogens is 1. The van der Waals surface area contributed by atoms with Gasteiger partial charge in [-0.1, -0.05) is 23.3 Å². The molecule has 1 aliphatic heterocycles. The molecule has 3 heterocycles. The maximum atomic E-state index is 13.7. The van der Waals surface area contributed by atoms with Crippen molar-refractivity contribution in [2.75, 3.05) is 23.3 Å². The van der Waals surface area contributed by atoms with E-state index in [1.807, 2.05) is 0 Å². The highest BCUT2D eigenvalue weighted by molar-refractivity contribution is 5.89. The summed E-state index contributed by atoms with van der Waals surface area (Å²) in [7, 11) is 0. The molecule has 0 saturated carbocycles. The summed E-state index contributed by atoms with van der Waals surface area (Å²) < 4.78 is 19.0. The number of hydrogen-bond acceptors (Lipinski definition) is 8. The van der Waals surface area contributed by atoms with Crippen LogP contribution in [0.1, 0.15) is 29.1 Å². The molecule has 166 valence electrons. The number of para-hydroxylation sites is 1. The minimum Gasteiger partial charge on any atom is -0.481 e. The van der Waals surface area contributed by atoms with Crippen molar-refractivity contribution in [3.8, 4) is 0 Å². The van der Waals surface area contributed by atoms with Crippen LogP contribution in [0.2, 0.25) is 0 Å². The molecule has 1 fully saturated rings. The fourth-order valence-electron chi connectivity index (χ4n) is 3.43. The maximum absolute atomic E-state index is 13.7. The molecule has 1 aliphatic rings. The number of piperidine rings is 1. The Labute approximate surface area is 182 Å². The summed E-state index contributed by atoms with van der Waals surface area (Å²) >= 11 is 0. The van der Waals surface area contributed by atoms with E-state index >= 15 is 0 Å². The van der Waals surface area contributed by atoms with Gasteiger partial charge >= 0.3 is 23.8 Å². The summed E-state index contributed by atoms with van der Waals surface area (Å²) in [4.78, 5) is 29.6. The van der Waals surface area contributed by atoms with Gasteiger partial charge < -0.3 is 25.1 Å². The average Bonchev–Trinajstić information content (AvgIpc) is 3.25. The summed E-state index contributed by atoms with van der Waals surface area (Å²) in [6.45, 7) is 1.36. The van der Waals surface area contributed by atoms with Crippen LogP contribution >= 0.6 is 0 Å². The Hall–Kier alpha value is -4.02. The molecule has 10 nitrogen and oxygen atoms in total. The monoisotopic (exact) mass is 440 g/mol. The molecule has 0 spiro atoms. The van der Waals surface area contributed by atoms with E-state index in [0.29, 0.717) is 31.5 Å². The standard InChI is InChI=1S/C21H21FN6O4/c22-15-3-1-2-4-16(15)25-21-27-26-20(32-21)19(31)24-14-7-9-28(10-8-14)17-6-5-13(12-23-17)11-18(29)30/h1-6,12,14H,7-11H2,(H,24,31)(H,25,27)(H,29,30). The first kappa shape index (κ1) is 21.2. The Morgan fingerprint density at radius 1 is 1.16 bits per heavy atom. The molecule has 2 aromatic heterocycles. The van der Waals surface area contributed by atoms with Gasteiger partial charge in [-0.25, -0.2) is 9.37 Å². The topological polar surface area (TPSA) is 133 Å². The van der Waals surface area contributed by atoms with E-state index < -0.39 is 17.7 Å². The molecule has 0 atom stereocenters. The minimum atomic E-state index is -0.896. The maximum Gasteiger partial charge on any atom is 0.320 e. The van der Waals surface area contributed by atoms with Crippen molar-refractivity contribution < 1.29 is 23.5 Å². The second kappa shape index (κ2) is 9.41. The fraction of sp³-hybridized carbons (Fsp3) is 0.286. The van der Waals surface area contributed by atoms with Gasteiger partial charge in [0, 0.05) is 25.3 Å². The fourth-order valence-corrected chi connectivity index (χ4v) is 3.43. The molecule has 0 bridgehead atoms. The van der Waals surface area contributed by atoms with Crippen LogP contribution < -0.4 is 15.5 Å². The Kier molecular flexibility index (Phi) is 6.24. The predicted molar refractivity (Wildman–Crippen MR) is 112 cm³/mol. The smallest absolute Gasteiger partial charge is 0.320 e. The van der Waals surface area contributed by atoms with Gasteiger partial charge in [-0.3, -0.25) is 9.59 Å². The third-order valence-corrected chi connectivity index (χ3v) is 5.05. The minimum absolute atomic E-state index is 0.0609. The number of aromatic nitrogens is 3. The van der Waals surface area contributed by atoms with E-state index in [0.717, 1.165) is 5.82 Å². The van der Waals surface area contributed by atoms with Crippen molar-refractivity contribution in [3.05, 3.63) is 59.9 Å². The first-order valence-corrected chi connectivity index (χ1v) is 10.1. The van der Waals surface area contributed by atoms with Gasteiger partial charge in [-0.15, -0.1) is 5.10 Å². The zero-order chi connectivity index (χ0) is 22.5. The van der Waals surface area contributed by atoms with E-state index in [4.69, 9.17) is 9.52 Å². The zero-order valence-corrected chi connectivity index (χ0v) is 17.0. The van der Waals surface area contributed by atoms with Gasteiger partial charge in [0.25, 0.3) is 0 Å². The van der Waals surface area contributed by atoms with Crippen molar-refractivity contribution >= 4 is 29.4 Å². The summed E-state index contributed by atoms with van der Waals surface area (Å²) in [6, 6.07) is 9.43. The quantitative estimate of drug-likeness (QED) is 0.506. The third kappa shape index (κ3) is 5.17. The summed E-state index contributed by atoms with van der Waals surface area (Å²) in [5.41, 5.74) is 0.812. The lowest BCUT2D eigenvalue weighted by Gasteiger charge is -2.33. The van der Waals surface area contributed by atoms with E-state index in [1.54, 1.807) is 30.5 Å². The van der Waals surface area contributed by atoms with E-state index in [-0.39, 0.29) is 30.1 Å². The number of carboxylic acid groups (broad SMARTS) is 1. The Bertz CT molecular complexity index is 1100. The van der Waals surface area contributed by atoms with Gasteiger partial charge in [0.15, 0.2) is 0 Å². The number of carboxylic acids is 1. The first-order chi connectivity index (χ1) is 15.5. The Balaban J connectivity index is 1.28. The number of amides is 1. The molecule has 1 aromatic carbocycles. The lowest BCUT2D eigenvalue weighted by Crippen LogP contribution is -2.45. The predicted octanol–water partition coefficient (Wildman–Crippen LogP) is 2.37. The van der Waals surface area contributed by atoms with E-state index in [2.05, 4.69) is 30.7 Å². The SMILES string of the molecule is O=C(O)Cc1ccc(N2CCC(NC(=O)c3nnc(Nc4ccccc4F)o3)CC2)nc1. The van der Waals surface area contributed by atoms with Gasteiger partial charge in [-0.05, 0) is 36.6 Å². The van der Waals surface area contributed by atoms with Crippen molar-refractivity contribution in [2.24, 2.45) is 0 Å². The molecule has 3 N–H and O–H groups in total. The van der Waals surface area contributed by atoms with Crippen molar-refractivity contribution in [1.82, 2.24) is 20.5 Å². The van der Waals surface area contributed by atoms with Gasteiger partial charge in [0.1, 0.15) is 11.6 Å². The number of aliphatic carboxylic acids is 1. The number of anilines is 3. The van der Waals surface area contributed by atoms with Gasteiger partial charge in [0.2, 0.25) is 0 Å². The lowest BCUT2D eigenvalue weighted by molar-refractivity contribution is -0.136. The highest BCUT2D eigenvalue weighted by Gasteiger charge is 2.24. The van der Waals surface area contributed by atoms with E-state index in [9.17, 15) is 14.0 Å². The first-order valence-electron chi connectivity index (χ1n) is 10.1. The molecule has 3 aromatic rings. The van der Waals surface area contributed by atoms with Gasteiger partial charge in [-0.2, -0.15) is 0 Å². The highest BCUT2D eigenvalue weighted by Crippen LogP contribution is 2.20. The number of pyridine rings is 1. The van der Waals surface area contributed by atoms with E-state index in [1.165, 1.54) is 12.1 Å². The second-order valence-electron chi connectivity index (χ2n) is 7.35. The van der Waals surface area contributed by atoms with Crippen LogP contribution in [0, 0.1) is 5.82 Å². The molecule has 0 radical (unpaired) electrons. The number of rotatable bonds is 7. The third-order valence-electron chi connectivity index (χ3n) is 5.05. The zero-order valence-electron chi connectivity index (χ0n) is 17.0. The summed E-state index contributed by atoms with van der Waals surface area (Å²) in [5, 5.41) is 21.8. The number of nitrogens with zero attached hydrogens (tertiary/aromatic N) is 4. The van der Waals surface area contributed by atoms with Crippen LogP contribution in [0.25, 0.3) is 0 Å². The molecular weight excluding hydrogens is 419 g/mol. The van der Waals surface area contributed by atoms with Crippen LogP contribution in [-0.4, -0.2) is 51.3 Å². The molecule has 4 rings (SSSR count). The number of carbonyl (C=O) groups is 2. The van der Waals surface area contributed by atoms with Crippen molar-refractivity contribution in [3.63, 3.8) is 0 Å². The van der Waals surface area contributed by atoms with Crippen LogP contribution in [0.5, 0.6) is 0 Å². The molecule has 1 amide bonds. The van der Waals surface area contributed by atoms with Crippen molar-refractivity contribution in [1.29, 1.82) is 0 Å². The largest absolute Gasteiger partial charge is 0.481 e. The number of hydrogen-bond donors (Lipinski definition) is 3. The normalized spacial score (nSPS) is 14.2. The van der Waals surface area contributed by atoms with Crippen LogP contribution in [0.4, 0.5) is 21.9 Å². The van der Waals surface area contributed by atoms with Crippen LogP contribution in [-0.2, 0) is 11.2 Å². The molecular formula is C21H21FN6O4. The molecule has 32 heavy (non-hydrogen) atoms. The molecule has 0 unspecified atom stereocenters. The van der Waals surface area contributed by atoms with Crippen LogP contribution in [0.15, 0.2) is 47.0 Å². The second-order valence-corrected chi connectivity index (χ2v) is 7.35. The molecule has 1 saturated heterocycles. The molecule has 0 aliphatic carbocycles. The highest BCUT2D eigenvalue weighted by atomic mass is 19.1. The number of benzene rings is 1. The Morgan fingerprint density at radius 2 is 1.94 bits per heavy atom. The number of carbonyl (C=O) groups excluding carboxylic acids is 1. The molecule has 11 heteroatoms. The van der Waals surface area contributed by atoms with Crippen LogP contribution in [0.3, 0.4) is 0 Å².